The van der Waals surface area contributed by atoms with Gasteiger partial charge in [0.15, 0.2) is 11.6 Å². The first-order chi connectivity index (χ1) is 8.70. The fraction of sp³-hybridized carbons (Fsp3) is 0.636. The van der Waals surface area contributed by atoms with Gasteiger partial charge in [-0.15, -0.1) is 11.6 Å². The van der Waals surface area contributed by atoms with Crippen LogP contribution in [0.5, 0.6) is 5.75 Å². The topological polar surface area (TPSA) is 47.5 Å². The van der Waals surface area contributed by atoms with Crippen LogP contribution in [0.4, 0.5) is 5.82 Å². The highest BCUT2D eigenvalue weighted by Crippen LogP contribution is 2.38. The van der Waals surface area contributed by atoms with E-state index in [1.54, 1.807) is 0 Å². The van der Waals surface area contributed by atoms with Crippen LogP contribution >= 0.6 is 23.2 Å². The van der Waals surface area contributed by atoms with E-state index in [0.29, 0.717) is 31.3 Å². The van der Waals surface area contributed by atoms with Crippen molar-refractivity contribution in [1.82, 2.24) is 9.97 Å². The Labute approximate surface area is 115 Å². The molecule has 18 heavy (non-hydrogen) atoms. The van der Waals surface area contributed by atoms with Crippen LogP contribution in [0.25, 0.3) is 0 Å². The normalized spacial score (nSPS) is 26.3. The molecular weight excluding hydrogens is 277 g/mol. The van der Waals surface area contributed by atoms with Crippen molar-refractivity contribution in [1.29, 1.82) is 0 Å². The lowest BCUT2D eigenvalue weighted by Crippen LogP contribution is -2.56. The van der Waals surface area contributed by atoms with Crippen LogP contribution in [-0.4, -0.2) is 41.9 Å². The summed E-state index contributed by atoms with van der Waals surface area (Å²) in [5, 5.41) is 0.201. The fourth-order valence-corrected chi connectivity index (χ4v) is 2.82. The Hall–Kier alpha value is -0.780. The van der Waals surface area contributed by atoms with Gasteiger partial charge < -0.3 is 14.4 Å². The van der Waals surface area contributed by atoms with Crippen LogP contribution in [-0.2, 0) is 10.6 Å². The number of hydrogen-bond acceptors (Lipinski definition) is 5. The molecule has 0 saturated carbocycles. The summed E-state index contributed by atoms with van der Waals surface area (Å²) in [4.78, 5) is 10.6. The van der Waals surface area contributed by atoms with Crippen LogP contribution in [0.1, 0.15) is 12.6 Å². The molecule has 7 heteroatoms. The lowest BCUT2D eigenvalue weighted by Gasteiger charge is -2.44. The zero-order valence-electron chi connectivity index (χ0n) is 9.90. The second-order valence-electron chi connectivity index (χ2n) is 4.48. The van der Waals surface area contributed by atoms with Crippen LogP contribution in [0.2, 0.25) is 5.28 Å². The minimum Gasteiger partial charge on any atom is -0.486 e. The highest BCUT2D eigenvalue weighted by molar-refractivity contribution is 6.28. The van der Waals surface area contributed by atoms with E-state index in [0.717, 1.165) is 5.82 Å². The minimum atomic E-state index is 0.176. The van der Waals surface area contributed by atoms with Gasteiger partial charge in [-0.25, -0.2) is 4.98 Å². The molecule has 1 saturated heterocycles. The average Bonchev–Trinajstić information content (AvgIpc) is 2.37. The average molecular weight is 290 g/mol. The van der Waals surface area contributed by atoms with Crippen molar-refractivity contribution in [3.8, 4) is 5.75 Å². The Morgan fingerprint density at radius 2 is 2.17 bits per heavy atom. The Bertz CT molecular complexity index is 472. The number of ether oxygens (including phenoxy) is 2. The molecule has 5 nitrogen and oxygen atoms in total. The first-order valence-corrected chi connectivity index (χ1v) is 6.73. The van der Waals surface area contributed by atoms with Gasteiger partial charge >= 0.3 is 0 Å². The number of morpholine rings is 1. The van der Waals surface area contributed by atoms with Gasteiger partial charge in [-0.1, -0.05) is 0 Å². The number of aromatic nitrogens is 2. The molecule has 1 aromatic heterocycles. The maximum Gasteiger partial charge on any atom is 0.224 e. The Balaban J connectivity index is 2.09. The largest absolute Gasteiger partial charge is 0.486 e. The lowest BCUT2D eigenvalue weighted by atomic mass is 10.1. The number of fused-ring (bicyclic) bond motifs is 3. The molecule has 3 rings (SSSR count). The number of hydrogen-bond donors (Lipinski definition) is 0. The molecule has 3 heterocycles. The summed E-state index contributed by atoms with van der Waals surface area (Å²) in [6.07, 6.45) is 0. The summed E-state index contributed by atoms with van der Waals surface area (Å²) in [7, 11) is 0. The fourth-order valence-electron chi connectivity index (χ4n) is 2.45. The number of halogens is 2. The van der Waals surface area contributed by atoms with Crippen LogP contribution in [0, 0.1) is 0 Å². The molecule has 2 aliphatic heterocycles. The second-order valence-corrected chi connectivity index (χ2v) is 5.09. The Morgan fingerprint density at radius 3 is 2.94 bits per heavy atom. The number of nitrogens with zero attached hydrogens (tertiary/aromatic N) is 3. The van der Waals surface area contributed by atoms with Crippen molar-refractivity contribution in [2.75, 3.05) is 24.7 Å². The zero-order valence-corrected chi connectivity index (χ0v) is 11.4. The molecular formula is C11H13Cl2N3O2. The highest BCUT2D eigenvalue weighted by Gasteiger charge is 2.37. The molecule has 0 unspecified atom stereocenters. The summed E-state index contributed by atoms with van der Waals surface area (Å²) < 4.78 is 11.3. The molecule has 0 N–H and O–H groups in total. The molecule has 2 aliphatic rings. The number of rotatable bonds is 1. The van der Waals surface area contributed by atoms with Crippen LogP contribution < -0.4 is 9.64 Å². The van der Waals surface area contributed by atoms with Gasteiger partial charge in [0.05, 0.1) is 31.2 Å². The van der Waals surface area contributed by atoms with E-state index in [9.17, 15) is 0 Å². The summed E-state index contributed by atoms with van der Waals surface area (Å²) >= 11 is 11.8. The van der Waals surface area contributed by atoms with Crippen LogP contribution in [0.15, 0.2) is 0 Å². The molecule has 0 radical (unpaired) electrons. The second kappa shape index (κ2) is 4.72. The predicted molar refractivity (Wildman–Crippen MR) is 68.6 cm³/mol. The molecule has 0 amide bonds. The maximum atomic E-state index is 5.95. The first-order valence-electron chi connectivity index (χ1n) is 5.82. The molecule has 0 bridgehead atoms. The molecule has 2 atom stereocenters. The van der Waals surface area contributed by atoms with E-state index in [1.165, 1.54) is 0 Å². The highest BCUT2D eigenvalue weighted by atomic mass is 35.5. The van der Waals surface area contributed by atoms with Gasteiger partial charge in [-0.05, 0) is 18.5 Å². The van der Waals surface area contributed by atoms with E-state index in [1.807, 2.05) is 0 Å². The van der Waals surface area contributed by atoms with E-state index in [2.05, 4.69) is 21.8 Å². The van der Waals surface area contributed by atoms with Crippen molar-refractivity contribution in [3.63, 3.8) is 0 Å². The third kappa shape index (κ3) is 1.90. The zero-order chi connectivity index (χ0) is 12.7. The Kier molecular flexibility index (Phi) is 3.21. The van der Waals surface area contributed by atoms with Crippen molar-refractivity contribution in [2.45, 2.75) is 24.9 Å². The Morgan fingerprint density at radius 1 is 1.33 bits per heavy atom. The molecule has 0 spiro atoms. The molecule has 0 aliphatic carbocycles. The van der Waals surface area contributed by atoms with Gasteiger partial charge in [-0.2, -0.15) is 4.98 Å². The van der Waals surface area contributed by atoms with E-state index >= 15 is 0 Å². The van der Waals surface area contributed by atoms with Crippen molar-refractivity contribution >= 4 is 29.0 Å². The smallest absolute Gasteiger partial charge is 0.224 e. The van der Waals surface area contributed by atoms with Gasteiger partial charge in [0.2, 0.25) is 5.28 Å². The van der Waals surface area contributed by atoms with Gasteiger partial charge in [0, 0.05) is 0 Å². The molecule has 1 fully saturated rings. The first kappa shape index (κ1) is 12.3. The SMILES string of the molecule is C[C@@H]1COC[C@@H]2COc3c(CCl)nc(Cl)nc3N21. The van der Waals surface area contributed by atoms with Crippen LogP contribution in [0.3, 0.4) is 0 Å². The lowest BCUT2D eigenvalue weighted by molar-refractivity contribution is 0.0484. The minimum absolute atomic E-state index is 0.176. The standard InChI is InChI=1S/C11H13Cl2N3O2/c1-6-3-17-4-7-5-18-9-8(2-12)14-11(13)15-10(9)16(6)7/h6-7H,2-5H2,1H3/t6-,7-/m1/s1. The van der Waals surface area contributed by atoms with Gasteiger partial charge in [0.25, 0.3) is 0 Å². The molecule has 1 aromatic rings. The number of alkyl halides is 1. The third-order valence-corrected chi connectivity index (χ3v) is 3.64. The van der Waals surface area contributed by atoms with Crippen molar-refractivity contribution in [3.05, 3.63) is 11.0 Å². The monoisotopic (exact) mass is 289 g/mol. The van der Waals surface area contributed by atoms with Gasteiger partial charge in [0.1, 0.15) is 12.3 Å². The van der Waals surface area contributed by atoms with E-state index in [4.69, 9.17) is 32.7 Å². The molecule has 98 valence electrons. The summed E-state index contributed by atoms with van der Waals surface area (Å²) in [6, 6.07) is 0.413. The van der Waals surface area contributed by atoms with Crippen molar-refractivity contribution in [2.24, 2.45) is 0 Å². The summed E-state index contributed by atoms with van der Waals surface area (Å²) in [5.41, 5.74) is 0.642. The van der Waals surface area contributed by atoms with E-state index in [-0.39, 0.29) is 23.2 Å². The molecule has 0 aromatic carbocycles. The quantitative estimate of drug-likeness (QED) is 0.583. The summed E-state index contributed by atoms with van der Waals surface area (Å²) in [5.74, 6) is 1.64. The third-order valence-electron chi connectivity index (χ3n) is 3.22. The van der Waals surface area contributed by atoms with Gasteiger partial charge in [-0.3, -0.25) is 0 Å². The maximum absolute atomic E-state index is 5.95. The van der Waals surface area contributed by atoms with E-state index < -0.39 is 0 Å². The number of anilines is 1. The van der Waals surface area contributed by atoms with Crippen molar-refractivity contribution < 1.29 is 9.47 Å². The predicted octanol–water partition coefficient (Wildman–Crippen LogP) is 1.85. The summed E-state index contributed by atoms with van der Waals surface area (Å²) in [6.45, 7) is 3.97.